The molecular weight excluding hydrogens is 691 g/mol. The third kappa shape index (κ3) is 4.53. The Morgan fingerprint density at radius 2 is 1.17 bits per heavy atom. The first-order chi connectivity index (χ1) is 26.0. The van der Waals surface area contributed by atoms with Crippen molar-refractivity contribution < 1.29 is 0 Å². The van der Waals surface area contributed by atoms with Crippen LogP contribution in [0.25, 0.3) is 64.3 Å². The van der Waals surface area contributed by atoms with Crippen molar-refractivity contribution in [2.75, 3.05) is 4.90 Å². The predicted molar refractivity (Wildman–Crippen MR) is 235 cm³/mol. The minimum Gasteiger partial charge on any atom is -0.310 e. The van der Waals surface area contributed by atoms with E-state index in [2.05, 4.69) is 188 Å². The highest BCUT2D eigenvalue weighted by molar-refractivity contribution is 7.26. The van der Waals surface area contributed by atoms with E-state index >= 15 is 0 Å². The average molecular weight is 727 g/mol. The summed E-state index contributed by atoms with van der Waals surface area (Å²) in [6, 6.07) is 61.9. The van der Waals surface area contributed by atoms with Gasteiger partial charge in [0.1, 0.15) is 18.4 Å². The van der Waals surface area contributed by atoms with Crippen LogP contribution < -0.4 is 25.6 Å². The van der Waals surface area contributed by atoms with E-state index in [9.17, 15) is 0 Å². The van der Waals surface area contributed by atoms with Crippen molar-refractivity contribution >= 4 is 97.0 Å². The number of nitrogens with zero attached hydrogens (tertiary/aromatic N) is 1. The van der Waals surface area contributed by atoms with Crippen LogP contribution in [0.15, 0.2) is 164 Å². The van der Waals surface area contributed by atoms with Gasteiger partial charge in [0.25, 0.3) is 0 Å². The molecule has 2 aliphatic heterocycles. The largest absolute Gasteiger partial charge is 0.388 e. The molecule has 8 aromatic carbocycles. The molecule has 1 nitrogen and oxygen atoms in total. The lowest BCUT2D eigenvalue weighted by molar-refractivity contribution is 1.29. The Morgan fingerprint density at radius 1 is 0.491 bits per heavy atom. The highest BCUT2D eigenvalue weighted by Gasteiger charge is 2.42. The van der Waals surface area contributed by atoms with Crippen molar-refractivity contribution in [3.63, 3.8) is 0 Å². The number of fused-ring (bicyclic) bond motifs is 11. The number of thiophene rings is 1. The second-order valence-corrected chi connectivity index (χ2v) is 22.8. The van der Waals surface area contributed by atoms with Gasteiger partial charge in [-0.2, -0.15) is 0 Å². The molecule has 9 aromatic rings. The van der Waals surface area contributed by atoms with Gasteiger partial charge in [-0.3, -0.25) is 0 Å². The van der Waals surface area contributed by atoms with Gasteiger partial charge in [-0.25, -0.2) is 0 Å². The maximum absolute atomic E-state index is 2.52. The average Bonchev–Trinajstić information content (AvgIpc) is 3.80. The van der Waals surface area contributed by atoms with E-state index < -0.39 is 16.9 Å². The summed E-state index contributed by atoms with van der Waals surface area (Å²) in [7, 11) is -2.73. The lowest BCUT2D eigenvalue weighted by atomic mass is 9.98. The Morgan fingerprint density at radius 3 is 2.06 bits per heavy atom. The zero-order valence-corrected chi connectivity index (χ0v) is 32.8. The maximum atomic E-state index is 2.52. The van der Waals surface area contributed by atoms with Crippen molar-refractivity contribution in [1.82, 2.24) is 0 Å². The fourth-order valence-corrected chi connectivity index (χ4v) is 15.9. The zero-order chi connectivity index (χ0) is 35.4. The molecule has 11 rings (SSSR count). The van der Waals surface area contributed by atoms with E-state index in [-0.39, 0.29) is 0 Å². The normalized spacial score (nSPS) is 13.7. The van der Waals surface area contributed by atoms with E-state index in [1.165, 1.54) is 96.9 Å². The second kappa shape index (κ2) is 11.5. The molecule has 250 valence electrons. The maximum Gasteiger partial charge on any atom is 0.388 e. The molecule has 0 fully saturated rings. The van der Waals surface area contributed by atoms with Gasteiger partial charge in [0.2, 0.25) is 0 Å². The van der Waals surface area contributed by atoms with Gasteiger partial charge in [-0.1, -0.05) is 116 Å². The summed E-state index contributed by atoms with van der Waals surface area (Å²) in [6.45, 7) is 7.48. The summed E-state index contributed by atoms with van der Waals surface area (Å²) in [4.78, 5) is 2.50. The molecule has 0 amide bonds. The van der Waals surface area contributed by atoms with Crippen molar-refractivity contribution in [1.29, 1.82) is 0 Å². The lowest BCUT2D eigenvalue weighted by Gasteiger charge is -2.27. The fraction of sp³-hybridized carbons (Fsp3) is 0.0612. The van der Waals surface area contributed by atoms with Gasteiger partial charge in [0.15, 0.2) is 0 Å². The van der Waals surface area contributed by atoms with Gasteiger partial charge in [-0.05, 0) is 104 Å². The van der Waals surface area contributed by atoms with Crippen molar-refractivity contribution in [3.8, 4) is 33.4 Å². The van der Waals surface area contributed by atoms with E-state index in [1.807, 2.05) is 11.3 Å². The molecule has 0 radical (unpaired) electrons. The molecule has 0 atom stereocenters. The van der Waals surface area contributed by atoms with Crippen LogP contribution in [-0.4, -0.2) is 16.9 Å². The standard InChI is InChI=1S/C49H36NSSi2/c1-52-44-27-26-40-38-14-6-8-17-43(38)51-49(40)48(44)41-25-23-35(30-45(41)52)50(34-24-28-47-42(29-34)39-15-7-9-18-46(39)53(47,2)3)33-21-19-32(20-22-33)37-16-10-12-31-11-4-5-13-36(31)37/h4-30H,1-3H3/q+1. The first-order valence-electron chi connectivity index (χ1n) is 18.5. The van der Waals surface area contributed by atoms with E-state index in [0.29, 0.717) is 0 Å². The first kappa shape index (κ1) is 31.0. The van der Waals surface area contributed by atoms with Crippen molar-refractivity contribution in [3.05, 3.63) is 164 Å². The summed E-state index contributed by atoms with van der Waals surface area (Å²) < 4.78 is 2.80. The summed E-state index contributed by atoms with van der Waals surface area (Å²) >= 11 is 1.95. The molecule has 0 unspecified atom stereocenters. The Balaban J connectivity index is 1.08. The fourth-order valence-electron chi connectivity index (χ4n) is 9.28. The van der Waals surface area contributed by atoms with Crippen molar-refractivity contribution in [2.45, 2.75) is 19.6 Å². The molecule has 0 spiro atoms. The molecule has 3 heterocycles. The summed E-state index contributed by atoms with van der Waals surface area (Å²) in [6.07, 6.45) is 0. The predicted octanol–water partition coefficient (Wildman–Crippen LogP) is 11.4. The number of rotatable bonds is 4. The Kier molecular flexibility index (Phi) is 6.73. The van der Waals surface area contributed by atoms with Crippen LogP contribution in [0.1, 0.15) is 0 Å². The van der Waals surface area contributed by atoms with Gasteiger partial charge in [0, 0.05) is 48.4 Å². The Hall–Kier alpha value is -5.53. The molecule has 4 heteroatoms. The van der Waals surface area contributed by atoms with E-state index in [4.69, 9.17) is 0 Å². The molecule has 0 saturated heterocycles. The Bertz CT molecular complexity index is 2950. The SMILES string of the molecule is C[Si+]1c2cc(N(c3ccc(-c4cccc5ccccc45)cc3)c3ccc4c(c3)-c3ccccc3[Si]4(C)C)ccc2-c2c1ccc1c2sc2ccccc21. The minimum atomic E-state index is -1.77. The van der Waals surface area contributed by atoms with E-state index in [1.54, 1.807) is 5.19 Å². The molecule has 2 aliphatic rings. The lowest BCUT2D eigenvalue weighted by Crippen LogP contribution is -2.49. The summed E-state index contributed by atoms with van der Waals surface area (Å²) in [5.41, 5.74) is 11.8. The molecule has 53 heavy (non-hydrogen) atoms. The van der Waals surface area contributed by atoms with Gasteiger partial charge >= 0.3 is 8.80 Å². The number of hydrogen-bond donors (Lipinski definition) is 0. The van der Waals surface area contributed by atoms with Crippen LogP contribution in [0.5, 0.6) is 0 Å². The van der Waals surface area contributed by atoms with Gasteiger partial charge < -0.3 is 4.90 Å². The van der Waals surface area contributed by atoms with Crippen LogP contribution in [0.2, 0.25) is 19.6 Å². The molecule has 0 bridgehead atoms. The van der Waals surface area contributed by atoms with Crippen LogP contribution in [0, 0.1) is 0 Å². The monoisotopic (exact) mass is 726 g/mol. The van der Waals surface area contributed by atoms with Gasteiger partial charge in [0.05, 0.1) is 6.55 Å². The highest BCUT2D eigenvalue weighted by Crippen LogP contribution is 2.43. The molecular formula is C49H36NSSi2+. The molecule has 0 aliphatic carbocycles. The summed E-state index contributed by atoms with van der Waals surface area (Å²) in [5, 5.41) is 11.4. The minimum absolute atomic E-state index is 0.958. The van der Waals surface area contributed by atoms with Crippen molar-refractivity contribution in [2.24, 2.45) is 0 Å². The third-order valence-corrected chi connectivity index (χ3v) is 19.2. The molecule has 0 N–H and O–H groups in total. The smallest absolute Gasteiger partial charge is 0.310 e. The Labute approximate surface area is 317 Å². The second-order valence-electron chi connectivity index (χ2n) is 15.1. The number of anilines is 3. The highest BCUT2D eigenvalue weighted by atomic mass is 32.1. The number of benzene rings is 8. The van der Waals surface area contributed by atoms with Gasteiger partial charge in [-0.15, -0.1) is 11.3 Å². The van der Waals surface area contributed by atoms with Crippen LogP contribution >= 0.6 is 11.3 Å². The molecule has 1 aromatic heterocycles. The number of hydrogen-bond acceptors (Lipinski definition) is 2. The van der Waals surface area contributed by atoms with Crippen LogP contribution in [0.3, 0.4) is 0 Å². The quantitative estimate of drug-likeness (QED) is 0.163. The molecule has 0 saturated carbocycles. The summed E-state index contributed by atoms with van der Waals surface area (Å²) in [5.74, 6) is 0. The van der Waals surface area contributed by atoms with Crippen LogP contribution in [0.4, 0.5) is 17.1 Å². The first-order valence-corrected chi connectivity index (χ1v) is 24.3. The third-order valence-electron chi connectivity index (χ3n) is 11.9. The van der Waals surface area contributed by atoms with Crippen LogP contribution in [-0.2, 0) is 0 Å². The zero-order valence-electron chi connectivity index (χ0n) is 29.9. The van der Waals surface area contributed by atoms with E-state index in [0.717, 1.165) is 0 Å². The topological polar surface area (TPSA) is 3.24 Å².